The average Bonchev–Trinajstić information content (AvgIpc) is 2.44. The molecule has 0 saturated heterocycles. The number of ether oxygens (including phenoxy) is 1. The van der Waals surface area contributed by atoms with E-state index in [-0.39, 0.29) is 5.88 Å². The third-order valence-electron chi connectivity index (χ3n) is 2.22. The zero-order valence-electron chi connectivity index (χ0n) is 10.2. The minimum absolute atomic E-state index is 0.346. The van der Waals surface area contributed by atoms with Crippen molar-refractivity contribution in [2.45, 2.75) is 6.04 Å². The van der Waals surface area contributed by atoms with Crippen LogP contribution in [0.25, 0.3) is 0 Å². The maximum Gasteiger partial charge on any atom is 0.333 e. The highest BCUT2D eigenvalue weighted by Gasteiger charge is 2.23. The quantitative estimate of drug-likeness (QED) is 0.637. The van der Waals surface area contributed by atoms with Crippen LogP contribution in [0.3, 0.4) is 0 Å². The zero-order chi connectivity index (χ0) is 14.3. The Labute approximate surface area is 115 Å². The van der Waals surface area contributed by atoms with Gasteiger partial charge in [-0.3, -0.25) is 10.1 Å². The number of carbonyl (C=O) groups excluding carboxylic acids is 3. The van der Waals surface area contributed by atoms with Crippen LogP contribution in [-0.4, -0.2) is 30.9 Å². The summed E-state index contributed by atoms with van der Waals surface area (Å²) in [6.45, 7) is 0. The van der Waals surface area contributed by atoms with Crippen molar-refractivity contribution in [1.82, 2.24) is 10.6 Å². The van der Waals surface area contributed by atoms with Gasteiger partial charge in [0.1, 0.15) is 5.88 Å². The first-order chi connectivity index (χ1) is 9.08. The minimum Gasteiger partial charge on any atom is -0.467 e. The highest BCUT2D eigenvalue weighted by atomic mass is 35.5. The molecule has 0 aliphatic heterocycles. The Kier molecular flexibility index (Phi) is 5.81. The largest absolute Gasteiger partial charge is 0.467 e. The van der Waals surface area contributed by atoms with Gasteiger partial charge in [0.05, 0.1) is 7.11 Å². The molecule has 1 rings (SSSR count). The van der Waals surface area contributed by atoms with E-state index in [4.69, 9.17) is 11.6 Å². The summed E-state index contributed by atoms with van der Waals surface area (Å²) < 4.78 is 4.61. The molecule has 102 valence electrons. The predicted molar refractivity (Wildman–Crippen MR) is 68.6 cm³/mol. The molecule has 0 aliphatic rings. The summed E-state index contributed by atoms with van der Waals surface area (Å²) in [4.78, 5) is 34.1. The molecule has 0 heterocycles. The molecule has 6 nitrogen and oxygen atoms in total. The number of urea groups is 1. The fraction of sp³-hybridized carbons (Fsp3) is 0.250. The monoisotopic (exact) mass is 284 g/mol. The number of alkyl halides is 1. The van der Waals surface area contributed by atoms with Gasteiger partial charge in [0.25, 0.3) is 0 Å². The lowest BCUT2D eigenvalue weighted by Crippen LogP contribution is -2.44. The van der Waals surface area contributed by atoms with Crippen molar-refractivity contribution >= 4 is 29.5 Å². The number of methoxy groups -OCH3 is 1. The molecule has 1 aromatic rings. The first-order valence-electron chi connectivity index (χ1n) is 5.37. The van der Waals surface area contributed by atoms with Gasteiger partial charge in [-0.05, 0) is 5.56 Å². The van der Waals surface area contributed by atoms with E-state index in [0.29, 0.717) is 5.56 Å². The molecule has 3 amide bonds. The van der Waals surface area contributed by atoms with Crippen molar-refractivity contribution in [1.29, 1.82) is 0 Å². The van der Waals surface area contributed by atoms with Crippen LogP contribution in [0, 0.1) is 0 Å². The summed E-state index contributed by atoms with van der Waals surface area (Å²) in [7, 11) is 1.21. The molecule has 0 saturated carbocycles. The van der Waals surface area contributed by atoms with Gasteiger partial charge in [0.2, 0.25) is 5.91 Å². The molecule has 2 N–H and O–H groups in total. The smallest absolute Gasteiger partial charge is 0.333 e. The van der Waals surface area contributed by atoms with E-state index in [2.05, 4.69) is 10.1 Å². The number of imide groups is 1. The van der Waals surface area contributed by atoms with Gasteiger partial charge in [-0.15, -0.1) is 11.6 Å². The topological polar surface area (TPSA) is 84.5 Å². The maximum atomic E-state index is 11.6. The van der Waals surface area contributed by atoms with Crippen LogP contribution in [0.1, 0.15) is 11.6 Å². The fourth-order valence-corrected chi connectivity index (χ4v) is 1.44. The normalized spacial score (nSPS) is 11.3. The molecular weight excluding hydrogens is 272 g/mol. The number of halogens is 1. The number of amides is 3. The summed E-state index contributed by atoms with van der Waals surface area (Å²) in [6.07, 6.45) is 0. The van der Waals surface area contributed by atoms with E-state index in [9.17, 15) is 14.4 Å². The van der Waals surface area contributed by atoms with E-state index in [1.165, 1.54) is 7.11 Å². The Hall–Kier alpha value is -2.08. The number of hydrogen-bond acceptors (Lipinski definition) is 4. The molecule has 0 radical (unpaired) electrons. The van der Waals surface area contributed by atoms with E-state index < -0.39 is 23.9 Å². The molecular formula is C12H13ClN2O4. The van der Waals surface area contributed by atoms with Gasteiger partial charge in [-0.1, -0.05) is 30.3 Å². The summed E-state index contributed by atoms with van der Waals surface area (Å²) in [5.74, 6) is -1.64. The molecule has 0 spiro atoms. The average molecular weight is 285 g/mol. The van der Waals surface area contributed by atoms with Crippen molar-refractivity contribution in [3.63, 3.8) is 0 Å². The number of esters is 1. The van der Waals surface area contributed by atoms with Crippen molar-refractivity contribution in [2.75, 3.05) is 13.0 Å². The Morgan fingerprint density at radius 2 is 1.89 bits per heavy atom. The summed E-state index contributed by atoms with van der Waals surface area (Å²) in [5, 5.41) is 4.33. The Morgan fingerprint density at radius 1 is 1.26 bits per heavy atom. The number of benzene rings is 1. The third-order valence-corrected chi connectivity index (χ3v) is 2.46. The number of carbonyl (C=O) groups is 3. The Balaban J connectivity index is 2.79. The predicted octanol–water partition coefficient (Wildman–Crippen LogP) is 0.965. The Bertz CT molecular complexity index is 464. The van der Waals surface area contributed by atoms with Crippen LogP contribution in [0.15, 0.2) is 30.3 Å². The molecule has 1 unspecified atom stereocenters. The van der Waals surface area contributed by atoms with E-state index >= 15 is 0 Å². The van der Waals surface area contributed by atoms with Crippen LogP contribution in [0.5, 0.6) is 0 Å². The van der Waals surface area contributed by atoms with Gasteiger partial charge < -0.3 is 10.1 Å². The number of hydrogen-bond donors (Lipinski definition) is 2. The molecule has 0 fully saturated rings. The lowest BCUT2D eigenvalue weighted by molar-refractivity contribution is -0.143. The van der Waals surface area contributed by atoms with Crippen LogP contribution < -0.4 is 10.6 Å². The van der Waals surface area contributed by atoms with E-state index in [1.54, 1.807) is 30.3 Å². The first-order valence-corrected chi connectivity index (χ1v) is 5.91. The SMILES string of the molecule is COC(=O)C(NC(=O)NC(=O)CCl)c1ccccc1. The van der Waals surface area contributed by atoms with Crippen LogP contribution in [-0.2, 0) is 14.3 Å². The third kappa shape index (κ3) is 4.59. The minimum atomic E-state index is -0.991. The Morgan fingerprint density at radius 3 is 2.42 bits per heavy atom. The highest BCUT2D eigenvalue weighted by molar-refractivity contribution is 6.28. The van der Waals surface area contributed by atoms with Gasteiger partial charge in [0, 0.05) is 0 Å². The van der Waals surface area contributed by atoms with Gasteiger partial charge in [-0.2, -0.15) is 0 Å². The first kappa shape index (κ1) is 15.0. The second kappa shape index (κ2) is 7.38. The van der Waals surface area contributed by atoms with Crippen molar-refractivity contribution in [3.8, 4) is 0 Å². The fourth-order valence-electron chi connectivity index (χ4n) is 1.37. The molecule has 1 aromatic carbocycles. The molecule has 0 aromatic heterocycles. The number of nitrogens with one attached hydrogen (secondary N) is 2. The van der Waals surface area contributed by atoms with Gasteiger partial charge in [0.15, 0.2) is 6.04 Å². The van der Waals surface area contributed by atoms with Crippen LogP contribution in [0.2, 0.25) is 0 Å². The van der Waals surface area contributed by atoms with Crippen molar-refractivity contribution in [2.24, 2.45) is 0 Å². The molecule has 19 heavy (non-hydrogen) atoms. The second-order valence-electron chi connectivity index (χ2n) is 3.52. The van der Waals surface area contributed by atoms with E-state index in [0.717, 1.165) is 0 Å². The van der Waals surface area contributed by atoms with E-state index in [1.807, 2.05) is 5.32 Å². The van der Waals surface area contributed by atoms with Crippen LogP contribution >= 0.6 is 11.6 Å². The van der Waals surface area contributed by atoms with Crippen molar-refractivity contribution in [3.05, 3.63) is 35.9 Å². The number of rotatable bonds is 4. The second-order valence-corrected chi connectivity index (χ2v) is 3.79. The summed E-state index contributed by atoms with van der Waals surface area (Å²) >= 11 is 5.26. The lowest BCUT2D eigenvalue weighted by Gasteiger charge is -2.16. The van der Waals surface area contributed by atoms with Crippen LogP contribution in [0.4, 0.5) is 4.79 Å². The summed E-state index contributed by atoms with van der Waals surface area (Å²) in [6, 6.07) is 6.72. The summed E-state index contributed by atoms with van der Waals surface area (Å²) in [5.41, 5.74) is 0.544. The molecule has 0 bridgehead atoms. The highest BCUT2D eigenvalue weighted by Crippen LogP contribution is 2.13. The lowest BCUT2D eigenvalue weighted by atomic mass is 10.1. The standard InChI is InChI=1S/C12H13ClN2O4/c1-19-11(17)10(8-5-3-2-4-6-8)15-12(18)14-9(16)7-13/h2-6,10H,7H2,1H3,(H2,14,15,16,18). The molecule has 7 heteroatoms. The van der Waals surface area contributed by atoms with Gasteiger partial charge in [-0.25, -0.2) is 9.59 Å². The molecule has 0 aliphatic carbocycles. The van der Waals surface area contributed by atoms with Gasteiger partial charge >= 0.3 is 12.0 Å². The maximum absolute atomic E-state index is 11.6. The molecule has 1 atom stereocenters. The zero-order valence-corrected chi connectivity index (χ0v) is 10.9. The van der Waals surface area contributed by atoms with Crippen molar-refractivity contribution < 1.29 is 19.1 Å².